The molecule has 1 N–H and O–H groups in total. The summed E-state index contributed by atoms with van der Waals surface area (Å²) < 4.78 is 13.3. The zero-order valence-corrected chi connectivity index (χ0v) is 21.1. The highest BCUT2D eigenvalue weighted by molar-refractivity contribution is 14.1. The number of hydrazone groups is 1. The van der Waals surface area contributed by atoms with Crippen LogP contribution >= 0.6 is 50.1 Å². The van der Waals surface area contributed by atoms with Gasteiger partial charge in [-0.3, -0.25) is 4.79 Å². The summed E-state index contributed by atoms with van der Waals surface area (Å²) in [6, 6.07) is 18.8. The van der Waals surface area contributed by atoms with E-state index in [1.807, 2.05) is 54.6 Å². The highest BCUT2D eigenvalue weighted by Crippen LogP contribution is 2.34. The van der Waals surface area contributed by atoms with Gasteiger partial charge < -0.3 is 9.47 Å². The number of amides is 1. The van der Waals surface area contributed by atoms with Crippen LogP contribution in [0.5, 0.6) is 11.5 Å². The standard InChI is InChI=1S/C23H19BrClIN2O3/c1-30-21-11-16(13-27-28-22(29)12-15-6-8-18(24)9-7-15)10-20(26)23(21)31-14-17-4-2-3-5-19(17)25/h2-11,13H,12,14H2,1H3,(H,28,29)/b27-13-. The van der Waals surface area contributed by atoms with Crippen LogP contribution in [0.15, 0.2) is 70.2 Å². The molecule has 0 bridgehead atoms. The molecule has 0 aliphatic rings. The molecule has 8 heteroatoms. The second-order valence-corrected chi connectivity index (χ2v) is 9.00. The van der Waals surface area contributed by atoms with Crippen LogP contribution in [-0.4, -0.2) is 19.2 Å². The van der Waals surface area contributed by atoms with E-state index >= 15 is 0 Å². The number of nitrogens with zero attached hydrogens (tertiary/aromatic N) is 1. The minimum atomic E-state index is -0.195. The van der Waals surface area contributed by atoms with Crippen molar-refractivity contribution in [2.75, 3.05) is 7.11 Å². The SMILES string of the molecule is COc1cc(/C=N\NC(=O)Cc2ccc(Br)cc2)cc(I)c1OCc1ccccc1Cl. The van der Waals surface area contributed by atoms with Crippen molar-refractivity contribution in [3.8, 4) is 11.5 Å². The van der Waals surface area contributed by atoms with Crippen molar-refractivity contribution in [2.45, 2.75) is 13.0 Å². The zero-order chi connectivity index (χ0) is 22.2. The molecule has 0 unspecified atom stereocenters. The third-order valence-corrected chi connectivity index (χ3v) is 5.96. The number of ether oxygens (including phenoxy) is 2. The Morgan fingerprint density at radius 2 is 1.94 bits per heavy atom. The monoisotopic (exact) mass is 612 g/mol. The van der Waals surface area contributed by atoms with Crippen LogP contribution in [0.2, 0.25) is 5.02 Å². The average Bonchev–Trinajstić information content (AvgIpc) is 2.75. The van der Waals surface area contributed by atoms with E-state index in [1.54, 1.807) is 19.4 Å². The second kappa shape index (κ2) is 11.5. The van der Waals surface area contributed by atoms with E-state index in [0.717, 1.165) is 24.7 Å². The smallest absolute Gasteiger partial charge is 0.244 e. The van der Waals surface area contributed by atoms with Gasteiger partial charge in [0.05, 0.1) is 23.3 Å². The van der Waals surface area contributed by atoms with Crippen molar-refractivity contribution in [1.82, 2.24) is 5.43 Å². The van der Waals surface area contributed by atoms with Crippen molar-refractivity contribution >= 4 is 62.2 Å². The third-order valence-electron chi connectivity index (χ3n) is 4.26. The van der Waals surface area contributed by atoms with E-state index in [1.165, 1.54) is 0 Å². The molecule has 0 spiro atoms. The number of methoxy groups -OCH3 is 1. The lowest BCUT2D eigenvalue weighted by molar-refractivity contribution is -0.120. The van der Waals surface area contributed by atoms with Gasteiger partial charge in [0.15, 0.2) is 11.5 Å². The number of nitrogens with one attached hydrogen (secondary N) is 1. The first-order valence-corrected chi connectivity index (χ1v) is 11.5. The number of carbonyl (C=O) groups excluding carboxylic acids is 1. The van der Waals surface area contributed by atoms with Gasteiger partial charge in [0, 0.05) is 15.1 Å². The van der Waals surface area contributed by atoms with Gasteiger partial charge in [0.25, 0.3) is 0 Å². The lowest BCUT2D eigenvalue weighted by Gasteiger charge is -2.14. The van der Waals surface area contributed by atoms with Crippen LogP contribution in [0.4, 0.5) is 0 Å². The molecular formula is C23H19BrClIN2O3. The first-order chi connectivity index (χ1) is 15.0. The molecule has 0 fully saturated rings. The Balaban J connectivity index is 1.64. The van der Waals surface area contributed by atoms with Gasteiger partial charge in [-0.2, -0.15) is 5.10 Å². The first-order valence-electron chi connectivity index (χ1n) is 9.26. The Bertz CT molecular complexity index is 1090. The third kappa shape index (κ3) is 6.95. The molecular weight excluding hydrogens is 595 g/mol. The fourth-order valence-corrected chi connectivity index (χ4v) is 3.96. The van der Waals surface area contributed by atoms with E-state index < -0.39 is 0 Å². The molecule has 0 heterocycles. The minimum Gasteiger partial charge on any atom is -0.493 e. The Morgan fingerprint density at radius 3 is 2.65 bits per heavy atom. The highest BCUT2D eigenvalue weighted by Gasteiger charge is 2.12. The Labute approximate surface area is 208 Å². The molecule has 0 saturated heterocycles. The molecule has 0 radical (unpaired) electrons. The number of halogens is 3. The number of benzene rings is 3. The quantitative estimate of drug-likeness (QED) is 0.193. The molecule has 160 valence electrons. The van der Waals surface area contributed by atoms with E-state index in [-0.39, 0.29) is 12.3 Å². The van der Waals surface area contributed by atoms with Gasteiger partial charge >= 0.3 is 0 Å². The van der Waals surface area contributed by atoms with Gasteiger partial charge in [-0.15, -0.1) is 0 Å². The van der Waals surface area contributed by atoms with E-state index in [2.05, 4.69) is 49.0 Å². The molecule has 31 heavy (non-hydrogen) atoms. The summed E-state index contributed by atoms with van der Waals surface area (Å²) >= 11 is 11.8. The molecule has 0 aliphatic heterocycles. The molecule has 0 aliphatic carbocycles. The van der Waals surface area contributed by atoms with Crippen LogP contribution in [0.3, 0.4) is 0 Å². The van der Waals surface area contributed by atoms with E-state index in [0.29, 0.717) is 23.1 Å². The number of hydrogen-bond donors (Lipinski definition) is 1. The van der Waals surface area contributed by atoms with Crippen molar-refractivity contribution in [2.24, 2.45) is 5.10 Å². The molecule has 5 nitrogen and oxygen atoms in total. The van der Waals surface area contributed by atoms with Crippen LogP contribution in [-0.2, 0) is 17.8 Å². The summed E-state index contributed by atoms with van der Waals surface area (Å²) in [5.74, 6) is 1.00. The fraction of sp³-hybridized carbons (Fsp3) is 0.130. The van der Waals surface area contributed by atoms with Crippen LogP contribution in [0.25, 0.3) is 0 Å². The maximum Gasteiger partial charge on any atom is 0.244 e. The summed E-state index contributed by atoms with van der Waals surface area (Å²) in [4.78, 5) is 12.1. The molecule has 0 atom stereocenters. The molecule has 3 rings (SSSR count). The lowest BCUT2D eigenvalue weighted by Crippen LogP contribution is -2.19. The topological polar surface area (TPSA) is 59.9 Å². The predicted octanol–water partition coefficient (Wildman–Crippen LogP) is 5.99. The van der Waals surface area contributed by atoms with Crippen molar-refractivity contribution in [1.29, 1.82) is 0 Å². The predicted molar refractivity (Wildman–Crippen MR) is 135 cm³/mol. The van der Waals surface area contributed by atoms with Gasteiger partial charge in [0.2, 0.25) is 5.91 Å². The summed E-state index contributed by atoms with van der Waals surface area (Å²) in [6.45, 7) is 0.325. The summed E-state index contributed by atoms with van der Waals surface area (Å²) in [5.41, 5.74) is 5.12. The first kappa shape index (κ1) is 23.6. The summed E-state index contributed by atoms with van der Waals surface area (Å²) in [6.07, 6.45) is 1.82. The van der Waals surface area contributed by atoms with Gasteiger partial charge in [-0.25, -0.2) is 5.43 Å². The molecule has 3 aromatic carbocycles. The highest BCUT2D eigenvalue weighted by atomic mass is 127. The molecule has 3 aromatic rings. The van der Waals surface area contributed by atoms with Gasteiger partial charge in [-0.1, -0.05) is 57.9 Å². The Kier molecular flexibility index (Phi) is 8.74. The van der Waals surface area contributed by atoms with Crippen LogP contribution in [0, 0.1) is 3.57 Å². The average molecular weight is 614 g/mol. The van der Waals surface area contributed by atoms with Crippen molar-refractivity contribution in [3.63, 3.8) is 0 Å². The molecule has 0 aromatic heterocycles. The van der Waals surface area contributed by atoms with E-state index in [9.17, 15) is 4.79 Å². The Morgan fingerprint density at radius 1 is 1.19 bits per heavy atom. The minimum absolute atomic E-state index is 0.195. The van der Waals surface area contributed by atoms with Gasteiger partial charge in [0.1, 0.15) is 6.61 Å². The summed E-state index contributed by atoms with van der Waals surface area (Å²) in [5, 5.41) is 4.71. The normalized spacial score (nSPS) is 10.8. The second-order valence-electron chi connectivity index (χ2n) is 6.51. The lowest BCUT2D eigenvalue weighted by atomic mass is 10.1. The fourth-order valence-electron chi connectivity index (χ4n) is 2.73. The molecule has 1 amide bonds. The maximum absolute atomic E-state index is 12.1. The Hall–Kier alpha value is -2.10. The molecule has 0 saturated carbocycles. The van der Waals surface area contributed by atoms with E-state index in [4.69, 9.17) is 21.1 Å². The number of hydrogen-bond acceptors (Lipinski definition) is 4. The maximum atomic E-state index is 12.1. The van der Waals surface area contributed by atoms with Crippen molar-refractivity contribution < 1.29 is 14.3 Å². The number of rotatable bonds is 8. The van der Waals surface area contributed by atoms with Gasteiger partial charge in [-0.05, 0) is 64.0 Å². The zero-order valence-electron chi connectivity index (χ0n) is 16.6. The summed E-state index contributed by atoms with van der Waals surface area (Å²) in [7, 11) is 1.58. The van der Waals surface area contributed by atoms with Crippen LogP contribution in [0.1, 0.15) is 16.7 Å². The number of carbonyl (C=O) groups is 1. The largest absolute Gasteiger partial charge is 0.493 e. The van der Waals surface area contributed by atoms with Crippen molar-refractivity contribution in [3.05, 3.63) is 90.4 Å². The van der Waals surface area contributed by atoms with Crippen LogP contribution < -0.4 is 14.9 Å².